The molecule has 1 N–H and O–H groups in total. The van der Waals surface area contributed by atoms with Crippen molar-refractivity contribution < 1.29 is 23.9 Å². The number of para-hydroxylation sites is 1. The van der Waals surface area contributed by atoms with Crippen molar-refractivity contribution >= 4 is 46.4 Å². The molecule has 0 atom stereocenters. The molecule has 9 heteroatoms. The number of hydrogen-bond donors (Lipinski definition) is 1. The number of hydrogen-bond acceptors (Lipinski definition) is 6. The minimum Gasteiger partial charge on any atom is -0.493 e. The van der Waals surface area contributed by atoms with Crippen molar-refractivity contribution in [3.05, 3.63) is 74.5 Å². The van der Waals surface area contributed by atoms with E-state index >= 15 is 0 Å². The fourth-order valence-electron chi connectivity index (χ4n) is 6.70. The molecule has 7 nitrogen and oxygen atoms in total. The number of benzene rings is 2. The quantitative estimate of drug-likeness (QED) is 0.339. The van der Waals surface area contributed by atoms with Crippen LogP contribution in [0.1, 0.15) is 71.8 Å². The van der Waals surface area contributed by atoms with Crippen LogP contribution in [0, 0.1) is 10.8 Å². The van der Waals surface area contributed by atoms with E-state index in [0.717, 1.165) is 24.2 Å². The molecule has 5 rings (SSSR count). The van der Waals surface area contributed by atoms with Crippen LogP contribution in [0.2, 0.25) is 10.0 Å². The SMILES string of the molecule is CCN1C2=C(C(=O)CC(C)(C)C2)C(c2cc(Cl)c(OCC(=O)Nc3ccccc3Cl)c(OC)c2)C2=C1CC(C)(C)CC2=O. The fourth-order valence-corrected chi connectivity index (χ4v) is 7.15. The normalized spacial score (nSPS) is 19.7. The summed E-state index contributed by atoms with van der Waals surface area (Å²) in [5.74, 6) is -0.385. The van der Waals surface area contributed by atoms with Crippen LogP contribution in [0.25, 0.3) is 0 Å². The van der Waals surface area contributed by atoms with Crippen LogP contribution in [0.15, 0.2) is 58.9 Å². The van der Waals surface area contributed by atoms with Crippen molar-refractivity contribution in [1.29, 1.82) is 0 Å². The van der Waals surface area contributed by atoms with Gasteiger partial charge in [0, 0.05) is 47.8 Å². The Morgan fingerprint density at radius 1 is 0.930 bits per heavy atom. The molecule has 0 bridgehead atoms. The first-order chi connectivity index (χ1) is 20.2. The van der Waals surface area contributed by atoms with E-state index in [2.05, 4.69) is 44.8 Å². The predicted octanol–water partition coefficient (Wildman–Crippen LogP) is 7.73. The zero-order chi connectivity index (χ0) is 31.3. The van der Waals surface area contributed by atoms with Gasteiger partial charge in [0.2, 0.25) is 0 Å². The second-order valence-electron chi connectivity index (χ2n) is 13.1. The molecule has 0 spiro atoms. The predicted molar refractivity (Wildman–Crippen MR) is 169 cm³/mol. The molecule has 2 aromatic carbocycles. The van der Waals surface area contributed by atoms with Crippen LogP contribution in [0.4, 0.5) is 5.69 Å². The van der Waals surface area contributed by atoms with Crippen LogP contribution in [0.5, 0.6) is 11.5 Å². The number of ether oxygens (including phenoxy) is 2. The van der Waals surface area contributed by atoms with Crippen LogP contribution < -0.4 is 14.8 Å². The van der Waals surface area contributed by atoms with E-state index in [0.29, 0.717) is 52.6 Å². The Morgan fingerprint density at radius 2 is 1.51 bits per heavy atom. The summed E-state index contributed by atoms with van der Waals surface area (Å²) < 4.78 is 11.5. The monoisotopic (exact) mass is 624 g/mol. The van der Waals surface area contributed by atoms with Crippen LogP contribution in [-0.2, 0) is 14.4 Å². The summed E-state index contributed by atoms with van der Waals surface area (Å²) in [6.07, 6.45) is 2.26. The molecule has 2 aromatic rings. The Labute approximate surface area is 263 Å². The highest BCUT2D eigenvalue weighted by molar-refractivity contribution is 6.33. The number of allylic oxidation sites excluding steroid dienone is 4. The summed E-state index contributed by atoms with van der Waals surface area (Å²) in [4.78, 5) is 42.6. The first kappa shape index (κ1) is 31.1. The van der Waals surface area contributed by atoms with Gasteiger partial charge in [-0.2, -0.15) is 0 Å². The largest absolute Gasteiger partial charge is 0.493 e. The number of anilines is 1. The highest BCUT2D eigenvalue weighted by atomic mass is 35.5. The lowest BCUT2D eigenvalue weighted by molar-refractivity contribution is -0.120. The summed E-state index contributed by atoms with van der Waals surface area (Å²) >= 11 is 13.0. The second kappa shape index (κ2) is 11.7. The number of methoxy groups -OCH3 is 1. The molecule has 228 valence electrons. The van der Waals surface area contributed by atoms with Gasteiger partial charge in [0.05, 0.1) is 22.8 Å². The third-order valence-electron chi connectivity index (χ3n) is 8.42. The maximum atomic E-state index is 13.9. The van der Waals surface area contributed by atoms with Gasteiger partial charge in [0.25, 0.3) is 5.91 Å². The van der Waals surface area contributed by atoms with Crippen molar-refractivity contribution in [3.8, 4) is 11.5 Å². The molecule has 0 saturated carbocycles. The number of carbonyl (C=O) groups is 3. The van der Waals surface area contributed by atoms with Crippen LogP contribution >= 0.6 is 23.2 Å². The summed E-state index contributed by atoms with van der Waals surface area (Å²) in [6.45, 7) is 10.9. The number of halogens is 2. The van der Waals surface area contributed by atoms with Gasteiger partial charge in [0.15, 0.2) is 29.7 Å². The van der Waals surface area contributed by atoms with Crippen molar-refractivity contribution in [2.24, 2.45) is 10.8 Å². The molecular formula is C34H38Cl2N2O5. The van der Waals surface area contributed by atoms with Crippen molar-refractivity contribution in [3.63, 3.8) is 0 Å². The second-order valence-corrected chi connectivity index (χ2v) is 13.9. The molecule has 0 unspecified atom stereocenters. The van der Waals surface area contributed by atoms with E-state index in [4.69, 9.17) is 32.7 Å². The number of ketones is 2. The smallest absolute Gasteiger partial charge is 0.262 e. The molecule has 0 saturated heterocycles. The van der Waals surface area contributed by atoms with Gasteiger partial charge in [-0.3, -0.25) is 14.4 Å². The Kier molecular flexibility index (Phi) is 8.45. The van der Waals surface area contributed by atoms with E-state index in [1.54, 1.807) is 36.4 Å². The molecule has 1 heterocycles. The molecule has 0 radical (unpaired) electrons. The molecule has 1 aliphatic heterocycles. The zero-order valence-corrected chi connectivity index (χ0v) is 27.0. The lowest BCUT2D eigenvalue weighted by atomic mass is 9.63. The molecule has 1 amide bonds. The zero-order valence-electron chi connectivity index (χ0n) is 25.5. The summed E-state index contributed by atoms with van der Waals surface area (Å²) in [5.41, 5.74) is 4.08. The van der Waals surface area contributed by atoms with Gasteiger partial charge in [0.1, 0.15) is 0 Å². The highest BCUT2D eigenvalue weighted by Crippen LogP contribution is 2.55. The molecule has 43 heavy (non-hydrogen) atoms. The van der Waals surface area contributed by atoms with E-state index in [9.17, 15) is 14.4 Å². The summed E-state index contributed by atoms with van der Waals surface area (Å²) in [5, 5.41) is 3.35. The standard InChI is InChI=1S/C34H38Cl2N2O5/c1-7-38-23-14-33(2,3)16-25(39)30(23)29(31-24(38)15-34(4,5)17-26(31)40)19-12-21(36)32(27(13-19)42-6)43-18-28(41)37-22-11-9-8-10-20(22)35/h8-13,29H,7,14-18H2,1-6H3,(H,37,41). The average molecular weight is 626 g/mol. The lowest BCUT2D eigenvalue weighted by Gasteiger charge is -2.49. The van der Waals surface area contributed by atoms with Gasteiger partial charge in [-0.05, 0) is 60.4 Å². The van der Waals surface area contributed by atoms with Crippen LogP contribution in [0.3, 0.4) is 0 Å². The summed E-state index contributed by atoms with van der Waals surface area (Å²) in [6, 6.07) is 10.4. The topological polar surface area (TPSA) is 84.9 Å². The van der Waals surface area contributed by atoms with Gasteiger partial charge in [-0.25, -0.2) is 0 Å². The van der Waals surface area contributed by atoms with Crippen molar-refractivity contribution in [2.45, 2.75) is 66.2 Å². The van der Waals surface area contributed by atoms with E-state index in [1.165, 1.54) is 7.11 Å². The van der Waals surface area contributed by atoms with Crippen molar-refractivity contribution in [1.82, 2.24) is 4.90 Å². The van der Waals surface area contributed by atoms with Gasteiger partial charge in [-0.15, -0.1) is 0 Å². The van der Waals surface area contributed by atoms with Gasteiger partial charge >= 0.3 is 0 Å². The molecule has 3 aliphatic rings. The number of carbonyl (C=O) groups excluding carboxylic acids is 3. The van der Waals surface area contributed by atoms with Crippen LogP contribution in [-0.4, -0.2) is 42.6 Å². The Balaban J connectivity index is 1.56. The number of rotatable bonds is 7. The third kappa shape index (κ3) is 6.07. The average Bonchev–Trinajstić information content (AvgIpc) is 2.91. The van der Waals surface area contributed by atoms with E-state index in [-0.39, 0.29) is 39.8 Å². The molecular weight excluding hydrogens is 587 g/mol. The first-order valence-corrected chi connectivity index (χ1v) is 15.4. The first-order valence-electron chi connectivity index (χ1n) is 14.6. The number of nitrogens with one attached hydrogen (secondary N) is 1. The Bertz CT molecular complexity index is 1520. The van der Waals surface area contributed by atoms with Crippen molar-refractivity contribution in [2.75, 3.05) is 25.6 Å². The lowest BCUT2D eigenvalue weighted by Crippen LogP contribution is -2.44. The van der Waals surface area contributed by atoms with Gasteiger partial charge in [-0.1, -0.05) is 63.0 Å². The number of nitrogens with zero attached hydrogens (tertiary/aromatic N) is 1. The Morgan fingerprint density at radius 3 is 2.05 bits per heavy atom. The van der Waals surface area contributed by atoms with E-state index in [1.807, 2.05) is 0 Å². The third-order valence-corrected chi connectivity index (χ3v) is 9.03. The Hall–Kier alpha value is -3.29. The fraction of sp³-hybridized carbons (Fsp3) is 0.441. The maximum absolute atomic E-state index is 13.9. The summed E-state index contributed by atoms with van der Waals surface area (Å²) in [7, 11) is 1.49. The minimum atomic E-state index is -0.566. The number of amides is 1. The van der Waals surface area contributed by atoms with E-state index < -0.39 is 11.8 Å². The van der Waals surface area contributed by atoms with Gasteiger partial charge < -0.3 is 19.7 Å². The maximum Gasteiger partial charge on any atom is 0.262 e. The number of Topliss-reactive ketones (excluding diaryl/α,β-unsaturated/α-hetero) is 2. The highest BCUT2D eigenvalue weighted by Gasteiger charge is 2.48. The molecule has 0 aromatic heterocycles. The molecule has 0 fully saturated rings. The molecule has 2 aliphatic carbocycles. The minimum absolute atomic E-state index is 0.0468.